The summed E-state index contributed by atoms with van der Waals surface area (Å²) in [5.74, 6) is 3.28. The number of ketones is 2. The smallest absolute Gasteiger partial charge is 0.140 e. The molecule has 7 atom stereocenters. The largest absolute Gasteiger partial charge is 0.300 e. The van der Waals surface area contributed by atoms with E-state index < -0.39 is 0 Å². The highest BCUT2D eigenvalue weighted by atomic mass is 16.1. The van der Waals surface area contributed by atoms with E-state index in [4.69, 9.17) is 0 Å². The van der Waals surface area contributed by atoms with Gasteiger partial charge < -0.3 is 0 Å². The molecule has 0 saturated heterocycles. The van der Waals surface area contributed by atoms with Crippen LogP contribution < -0.4 is 0 Å². The monoisotopic (exact) mass is 316 g/mol. The van der Waals surface area contributed by atoms with E-state index in [1.54, 1.807) is 6.92 Å². The fourth-order valence-electron chi connectivity index (χ4n) is 7.65. The third kappa shape index (κ3) is 1.99. The minimum Gasteiger partial charge on any atom is -0.300 e. The molecule has 0 aromatic rings. The van der Waals surface area contributed by atoms with Crippen molar-refractivity contribution in [3.8, 4) is 0 Å². The number of Topliss-reactive ketones (excluding diaryl/α,β-unsaturated/α-hetero) is 2. The molecule has 4 aliphatic carbocycles. The Kier molecular flexibility index (Phi) is 3.56. The maximum Gasteiger partial charge on any atom is 0.140 e. The second-order valence-electron chi connectivity index (χ2n) is 9.55. The van der Waals surface area contributed by atoms with Gasteiger partial charge in [0.15, 0.2) is 0 Å². The summed E-state index contributed by atoms with van der Waals surface area (Å²) < 4.78 is 0. The zero-order valence-corrected chi connectivity index (χ0v) is 15.1. The van der Waals surface area contributed by atoms with Gasteiger partial charge in [0, 0.05) is 17.8 Å². The molecule has 0 N–H and O–H groups in total. The number of carbonyl (C=O) groups is 2. The maximum absolute atomic E-state index is 13.2. The summed E-state index contributed by atoms with van der Waals surface area (Å²) in [6.07, 6.45) is 10.9. The molecule has 0 radical (unpaired) electrons. The van der Waals surface area contributed by atoms with Gasteiger partial charge in [-0.15, -0.1) is 0 Å². The van der Waals surface area contributed by atoms with Crippen LogP contribution in [0.3, 0.4) is 0 Å². The Morgan fingerprint density at radius 3 is 2.52 bits per heavy atom. The standard InChI is InChI=1S/C21H32O2/c1-13(22)16-9-10-17-15-8-7-14-6-4-5-11-20(14,2)18(15)12-19(23)21(16,17)3/h14-18H,4-12H2,1-3H3/t14-,15?,16-,17?,18?,20+,21-/m1/s1. The molecular weight excluding hydrogens is 284 g/mol. The summed E-state index contributed by atoms with van der Waals surface area (Å²) in [6.45, 7) is 6.35. The summed E-state index contributed by atoms with van der Waals surface area (Å²) in [4.78, 5) is 25.4. The number of hydrogen-bond donors (Lipinski definition) is 0. The first-order valence-electron chi connectivity index (χ1n) is 9.92. The Hall–Kier alpha value is -0.660. The molecule has 0 aliphatic heterocycles. The zero-order chi connectivity index (χ0) is 16.4. The highest BCUT2D eigenvalue weighted by Gasteiger charge is 2.63. The summed E-state index contributed by atoms with van der Waals surface area (Å²) in [6, 6.07) is 0. The Bertz CT molecular complexity index is 538. The van der Waals surface area contributed by atoms with E-state index in [-0.39, 0.29) is 17.1 Å². The van der Waals surface area contributed by atoms with Crippen LogP contribution >= 0.6 is 0 Å². The molecule has 128 valence electrons. The van der Waals surface area contributed by atoms with Crippen molar-refractivity contribution in [2.45, 2.75) is 78.6 Å². The quantitative estimate of drug-likeness (QED) is 0.696. The molecule has 4 rings (SSSR count). The molecule has 4 saturated carbocycles. The van der Waals surface area contributed by atoms with E-state index >= 15 is 0 Å². The lowest BCUT2D eigenvalue weighted by molar-refractivity contribution is -0.158. The molecular formula is C21H32O2. The van der Waals surface area contributed by atoms with Gasteiger partial charge in [-0.3, -0.25) is 9.59 Å². The van der Waals surface area contributed by atoms with E-state index in [1.165, 1.54) is 38.5 Å². The van der Waals surface area contributed by atoms with Gasteiger partial charge >= 0.3 is 0 Å². The van der Waals surface area contributed by atoms with Crippen LogP contribution in [0.4, 0.5) is 0 Å². The highest BCUT2D eigenvalue weighted by Crippen LogP contribution is 2.66. The van der Waals surface area contributed by atoms with Crippen LogP contribution in [-0.2, 0) is 9.59 Å². The minimum atomic E-state index is -0.342. The van der Waals surface area contributed by atoms with Gasteiger partial charge in [-0.1, -0.05) is 26.7 Å². The Morgan fingerprint density at radius 1 is 1.00 bits per heavy atom. The number of hydrogen-bond acceptors (Lipinski definition) is 2. The molecule has 0 amide bonds. The van der Waals surface area contributed by atoms with Crippen LogP contribution in [0.2, 0.25) is 0 Å². The molecule has 0 aromatic heterocycles. The molecule has 0 aromatic carbocycles. The van der Waals surface area contributed by atoms with Crippen LogP contribution in [0, 0.1) is 40.4 Å². The SMILES string of the molecule is CC(=O)[C@H]1CCC2C3CC[C@H]4CCCC[C@]4(C)C3CC(=O)[C@@]21C. The summed E-state index contributed by atoms with van der Waals surface area (Å²) >= 11 is 0. The van der Waals surface area contributed by atoms with Gasteiger partial charge in [0.05, 0.1) is 0 Å². The fraction of sp³-hybridized carbons (Fsp3) is 0.905. The van der Waals surface area contributed by atoms with Crippen molar-refractivity contribution in [2.24, 2.45) is 40.4 Å². The van der Waals surface area contributed by atoms with Crippen LogP contribution in [0.1, 0.15) is 78.6 Å². The summed E-state index contributed by atoms with van der Waals surface area (Å²) in [5, 5.41) is 0. The van der Waals surface area contributed by atoms with Gasteiger partial charge in [0.2, 0.25) is 0 Å². The van der Waals surface area contributed by atoms with Crippen LogP contribution in [0.25, 0.3) is 0 Å². The molecule has 4 fully saturated rings. The van der Waals surface area contributed by atoms with Gasteiger partial charge in [-0.2, -0.15) is 0 Å². The second-order valence-corrected chi connectivity index (χ2v) is 9.55. The third-order valence-corrected chi connectivity index (χ3v) is 8.94. The first-order chi connectivity index (χ1) is 10.9. The lowest BCUT2D eigenvalue weighted by Gasteiger charge is -2.59. The van der Waals surface area contributed by atoms with Crippen molar-refractivity contribution < 1.29 is 9.59 Å². The van der Waals surface area contributed by atoms with Crippen molar-refractivity contribution in [3.05, 3.63) is 0 Å². The molecule has 0 bridgehead atoms. The van der Waals surface area contributed by atoms with Crippen molar-refractivity contribution in [2.75, 3.05) is 0 Å². The predicted molar refractivity (Wildman–Crippen MR) is 90.9 cm³/mol. The molecule has 23 heavy (non-hydrogen) atoms. The van der Waals surface area contributed by atoms with E-state index in [9.17, 15) is 9.59 Å². The number of fused-ring (bicyclic) bond motifs is 5. The number of carbonyl (C=O) groups excluding carboxylic acids is 2. The lowest BCUT2D eigenvalue weighted by atomic mass is 9.44. The van der Waals surface area contributed by atoms with Gasteiger partial charge in [0.1, 0.15) is 11.6 Å². The van der Waals surface area contributed by atoms with E-state index in [0.29, 0.717) is 29.0 Å². The fourth-order valence-corrected chi connectivity index (χ4v) is 7.65. The van der Waals surface area contributed by atoms with Crippen molar-refractivity contribution >= 4 is 11.6 Å². The zero-order valence-electron chi connectivity index (χ0n) is 15.1. The van der Waals surface area contributed by atoms with Crippen LogP contribution in [-0.4, -0.2) is 11.6 Å². The summed E-state index contributed by atoms with van der Waals surface area (Å²) in [5.41, 5.74) is 0.0529. The minimum absolute atomic E-state index is 0.00200. The van der Waals surface area contributed by atoms with E-state index in [1.807, 2.05) is 0 Å². The molecule has 2 heteroatoms. The third-order valence-electron chi connectivity index (χ3n) is 8.94. The van der Waals surface area contributed by atoms with Gasteiger partial charge in [0.25, 0.3) is 0 Å². The van der Waals surface area contributed by atoms with Gasteiger partial charge in [-0.25, -0.2) is 0 Å². The van der Waals surface area contributed by atoms with E-state index in [2.05, 4.69) is 13.8 Å². The van der Waals surface area contributed by atoms with E-state index in [0.717, 1.165) is 25.2 Å². The van der Waals surface area contributed by atoms with Crippen LogP contribution in [0.15, 0.2) is 0 Å². The lowest BCUT2D eigenvalue weighted by Crippen LogP contribution is -2.56. The average molecular weight is 316 g/mol. The Balaban J connectivity index is 1.70. The van der Waals surface area contributed by atoms with Crippen LogP contribution in [0.5, 0.6) is 0 Å². The first kappa shape index (κ1) is 15.8. The van der Waals surface area contributed by atoms with Gasteiger partial charge in [-0.05, 0) is 74.5 Å². The van der Waals surface area contributed by atoms with Crippen molar-refractivity contribution in [1.29, 1.82) is 0 Å². The predicted octanol–water partition coefficient (Wildman–Crippen LogP) is 4.80. The maximum atomic E-state index is 13.2. The normalized spacial score (nSPS) is 52.5. The highest BCUT2D eigenvalue weighted by molar-refractivity contribution is 5.93. The molecule has 0 spiro atoms. The molecule has 2 nitrogen and oxygen atoms in total. The topological polar surface area (TPSA) is 34.1 Å². The molecule has 3 unspecified atom stereocenters. The number of rotatable bonds is 1. The molecule has 0 heterocycles. The second kappa shape index (κ2) is 5.17. The summed E-state index contributed by atoms with van der Waals surface area (Å²) in [7, 11) is 0. The van der Waals surface area contributed by atoms with Crippen molar-refractivity contribution in [3.63, 3.8) is 0 Å². The first-order valence-corrected chi connectivity index (χ1v) is 9.92. The van der Waals surface area contributed by atoms with Crippen molar-refractivity contribution in [1.82, 2.24) is 0 Å². The average Bonchev–Trinajstić information content (AvgIpc) is 2.87. The Labute approximate surface area is 140 Å². The molecule has 4 aliphatic rings. The Morgan fingerprint density at radius 2 is 1.78 bits per heavy atom.